The molecule has 1 aromatic carbocycles. The summed E-state index contributed by atoms with van der Waals surface area (Å²) in [5.41, 5.74) is 2.35. The van der Waals surface area contributed by atoms with Gasteiger partial charge in [0.05, 0.1) is 25.5 Å². The Bertz CT molecular complexity index is 1180. The van der Waals surface area contributed by atoms with Crippen LogP contribution < -0.4 is 20.3 Å². The van der Waals surface area contributed by atoms with Crippen LogP contribution in [0.1, 0.15) is 23.7 Å². The highest BCUT2D eigenvalue weighted by Gasteiger charge is 2.30. The molecule has 0 saturated heterocycles. The van der Waals surface area contributed by atoms with Crippen molar-refractivity contribution in [3.8, 4) is 5.75 Å². The maximum atomic E-state index is 14.4. The molecule has 9 nitrogen and oxygen atoms in total. The average Bonchev–Trinajstić information content (AvgIpc) is 3.21. The largest absolute Gasteiger partial charge is 0.491 e. The molecule has 0 unspecified atom stereocenters. The Kier molecular flexibility index (Phi) is 5.64. The van der Waals surface area contributed by atoms with E-state index in [2.05, 4.69) is 25.7 Å². The second kappa shape index (κ2) is 8.40. The maximum absolute atomic E-state index is 14.4. The second-order valence-electron chi connectivity index (χ2n) is 7.56. The van der Waals surface area contributed by atoms with Gasteiger partial charge in [-0.25, -0.2) is 13.8 Å². The number of aryl methyl sites for hydroxylation is 1. The van der Waals surface area contributed by atoms with Gasteiger partial charge in [-0.2, -0.15) is 10.1 Å². The minimum atomic E-state index is -0.751. The van der Waals surface area contributed by atoms with Crippen molar-refractivity contribution >= 4 is 23.4 Å². The van der Waals surface area contributed by atoms with Gasteiger partial charge < -0.3 is 20.3 Å². The van der Waals surface area contributed by atoms with Gasteiger partial charge in [0, 0.05) is 30.9 Å². The van der Waals surface area contributed by atoms with Gasteiger partial charge >= 0.3 is 0 Å². The van der Waals surface area contributed by atoms with E-state index in [9.17, 15) is 13.6 Å². The zero-order chi connectivity index (χ0) is 23.0. The topological polar surface area (TPSA) is 97.2 Å². The maximum Gasteiger partial charge on any atom is 0.246 e. The number of nitrogens with zero attached hydrogens (tertiary/aromatic N) is 5. The molecule has 1 atom stereocenters. The minimum absolute atomic E-state index is 0.102. The average molecular weight is 443 g/mol. The number of rotatable bonds is 6. The fourth-order valence-corrected chi connectivity index (χ4v) is 3.45. The van der Waals surface area contributed by atoms with E-state index in [0.717, 1.165) is 5.56 Å². The number of hydrogen-bond donors (Lipinski definition) is 2. The normalized spacial score (nSPS) is 15.4. The lowest BCUT2D eigenvalue weighted by atomic mass is 10.2. The van der Waals surface area contributed by atoms with E-state index in [1.54, 1.807) is 35.8 Å². The van der Waals surface area contributed by atoms with Crippen molar-refractivity contribution in [1.29, 1.82) is 0 Å². The first-order valence-electron chi connectivity index (χ1n) is 9.97. The number of carbonyl (C=O) groups is 1. The number of aromatic nitrogens is 4. The predicted molar refractivity (Wildman–Crippen MR) is 115 cm³/mol. The Morgan fingerprint density at radius 3 is 2.81 bits per heavy atom. The summed E-state index contributed by atoms with van der Waals surface area (Å²) in [7, 11) is 3.03. The number of hydrogen-bond acceptors (Lipinski definition) is 7. The van der Waals surface area contributed by atoms with E-state index in [0.29, 0.717) is 29.7 Å². The number of fused-ring (bicyclic) bond motifs is 1. The Morgan fingerprint density at radius 2 is 2.06 bits per heavy atom. The molecule has 11 heteroatoms. The van der Waals surface area contributed by atoms with Crippen molar-refractivity contribution in [3.05, 3.63) is 53.0 Å². The first-order valence-corrected chi connectivity index (χ1v) is 9.97. The molecule has 1 aliphatic heterocycles. The van der Waals surface area contributed by atoms with E-state index < -0.39 is 17.4 Å². The van der Waals surface area contributed by atoms with E-state index >= 15 is 0 Å². The van der Waals surface area contributed by atoms with Crippen molar-refractivity contribution in [1.82, 2.24) is 19.7 Å². The van der Waals surface area contributed by atoms with Gasteiger partial charge in [0.15, 0.2) is 23.2 Å². The molecule has 3 heterocycles. The lowest BCUT2D eigenvalue weighted by Gasteiger charge is -2.32. The van der Waals surface area contributed by atoms with Crippen molar-refractivity contribution in [2.75, 3.05) is 29.7 Å². The van der Waals surface area contributed by atoms with E-state index in [-0.39, 0.29) is 24.1 Å². The van der Waals surface area contributed by atoms with Gasteiger partial charge in [0.2, 0.25) is 11.9 Å². The van der Waals surface area contributed by atoms with Crippen molar-refractivity contribution in [2.24, 2.45) is 0 Å². The lowest BCUT2D eigenvalue weighted by molar-refractivity contribution is -0.117. The summed E-state index contributed by atoms with van der Waals surface area (Å²) in [5, 5.41) is 10.2. The molecule has 0 bridgehead atoms. The number of benzene rings is 1. The highest BCUT2D eigenvalue weighted by atomic mass is 19.1. The smallest absolute Gasteiger partial charge is 0.246 e. The Morgan fingerprint density at radius 1 is 1.28 bits per heavy atom. The van der Waals surface area contributed by atoms with Crippen LogP contribution in [0.4, 0.5) is 26.2 Å². The number of likely N-dealkylation sites (N-methyl/N-ethyl adjacent to an activating group) is 1. The molecule has 168 valence electrons. The molecule has 1 amide bonds. The molecular formula is C21H23F2N7O2. The van der Waals surface area contributed by atoms with Crippen LogP contribution in [-0.4, -0.2) is 45.9 Å². The third-order valence-corrected chi connectivity index (χ3v) is 5.42. The Hall–Kier alpha value is -3.76. The number of carbonyl (C=O) groups excluding carboxylic acids is 1. The number of amides is 1. The monoisotopic (exact) mass is 443 g/mol. The van der Waals surface area contributed by atoms with Crippen molar-refractivity contribution < 1.29 is 18.3 Å². The molecule has 0 spiro atoms. The number of nitrogens with one attached hydrogen (secondary N) is 2. The first-order chi connectivity index (χ1) is 15.3. The molecule has 0 radical (unpaired) electrons. The summed E-state index contributed by atoms with van der Waals surface area (Å²) in [5.74, 6) is -0.950. The summed E-state index contributed by atoms with van der Waals surface area (Å²) in [6, 6.07) is 2.19. The molecule has 1 aliphatic rings. The summed E-state index contributed by atoms with van der Waals surface area (Å²) >= 11 is 0. The van der Waals surface area contributed by atoms with E-state index in [1.807, 2.05) is 7.05 Å². The Labute approximate surface area is 183 Å². The molecule has 2 aromatic heterocycles. The second-order valence-corrected chi connectivity index (χ2v) is 7.56. The first kappa shape index (κ1) is 21.5. The van der Waals surface area contributed by atoms with Gasteiger partial charge in [0.25, 0.3) is 0 Å². The van der Waals surface area contributed by atoms with Crippen LogP contribution in [0.5, 0.6) is 5.75 Å². The SMILES string of the molecule is COc1c(F)ccc(Cn2cc(CNc3nc(C)c4c(n3)N(C)[C@@H](C)C(=O)N4)cn2)c1F. The predicted octanol–water partition coefficient (Wildman–Crippen LogP) is 2.71. The fourth-order valence-electron chi connectivity index (χ4n) is 3.45. The number of ether oxygens (including phenoxy) is 1. The van der Waals surface area contributed by atoms with Gasteiger partial charge in [-0.1, -0.05) is 6.07 Å². The molecular weight excluding hydrogens is 420 g/mol. The van der Waals surface area contributed by atoms with Crippen LogP contribution in [0.2, 0.25) is 0 Å². The zero-order valence-electron chi connectivity index (χ0n) is 18.1. The van der Waals surface area contributed by atoms with Crippen LogP contribution in [0.25, 0.3) is 0 Å². The van der Waals surface area contributed by atoms with Crippen LogP contribution in [0.15, 0.2) is 24.5 Å². The van der Waals surface area contributed by atoms with Gasteiger partial charge in [0.1, 0.15) is 11.7 Å². The van der Waals surface area contributed by atoms with Crippen LogP contribution in [0, 0.1) is 18.6 Å². The summed E-state index contributed by atoms with van der Waals surface area (Å²) in [4.78, 5) is 22.8. The standard InChI is InChI=1S/C21H23F2N7O2/c1-11-17-19(29(3)12(2)20(31)27-17)28-21(26-11)24-7-13-8-25-30(9-13)10-14-5-6-15(22)18(32-4)16(14)23/h5-6,8-9,12H,7,10H2,1-4H3,(H,27,31)(H,24,26,28)/t12-/m0/s1. The molecule has 32 heavy (non-hydrogen) atoms. The van der Waals surface area contributed by atoms with E-state index in [4.69, 9.17) is 4.74 Å². The van der Waals surface area contributed by atoms with Crippen LogP contribution in [0.3, 0.4) is 0 Å². The van der Waals surface area contributed by atoms with Crippen molar-refractivity contribution in [3.63, 3.8) is 0 Å². The molecule has 0 aliphatic carbocycles. The molecule has 0 saturated carbocycles. The third-order valence-electron chi connectivity index (χ3n) is 5.42. The van der Waals surface area contributed by atoms with Crippen molar-refractivity contribution in [2.45, 2.75) is 33.0 Å². The van der Waals surface area contributed by atoms with Gasteiger partial charge in [-0.3, -0.25) is 9.48 Å². The van der Waals surface area contributed by atoms with Gasteiger partial charge in [-0.05, 0) is 19.9 Å². The van der Waals surface area contributed by atoms with Gasteiger partial charge in [-0.15, -0.1) is 0 Å². The third kappa shape index (κ3) is 3.93. The zero-order valence-corrected chi connectivity index (χ0v) is 18.1. The van der Waals surface area contributed by atoms with E-state index in [1.165, 1.54) is 19.2 Å². The number of methoxy groups -OCH3 is 1. The lowest BCUT2D eigenvalue weighted by Crippen LogP contribution is -2.44. The highest BCUT2D eigenvalue weighted by molar-refractivity contribution is 6.03. The summed E-state index contributed by atoms with van der Waals surface area (Å²) in [6.45, 7) is 4.12. The summed E-state index contributed by atoms with van der Waals surface area (Å²) in [6.07, 6.45) is 3.40. The minimum Gasteiger partial charge on any atom is -0.491 e. The van der Waals surface area contributed by atoms with Crippen LogP contribution in [-0.2, 0) is 17.9 Å². The van der Waals surface area contributed by atoms with Crippen LogP contribution >= 0.6 is 0 Å². The highest BCUT2D eigenvalue weighted by Crippen LogP contribution is 2.32. The Balaban J connectivity index is 1.47. The number of anilines is 3. The summed E-state index contributed by atoms with van der Waals surface area (Å²) < 4.78 is 34.3. The fraction of sp³-hybridized carbons (Fsp3) is 0.333. The molecule has 3 aromatic rings. The molecule has 0 fully saturated rings. The number of halogens is 2. The molecule has 4 rings (SSSR count). The molecule has 2 N–H and O–H groups in total. The quantitative estimate of drug-likeness (QED) is 0.605.